The second-order valence-electron chi connectivity index (χ2n) is 8.59. The number of benzene rings is 3. The van der Waals surface area contributed by atoms with Crippen LogP contribution >= 0.6 is 23.2 Å². The number of halogens is 2. The number of hydrogen-bond donors (Lipinski definition) is 2. The third kappa shape index (κ3) is 5.25. The monoisotopic (exact) mass is 508 g/mol. The van der Waals surface area contributed by atoms with E-state index in [0.29, 0.717) is 36.3 Å². The minimum atomic E-state index is -0.262. The van der Waals surface area contributed by atoms with Crippen LogP contribution in [0.5, 0.6) is 0 Å². The Morgan fingerprint density at radius 3 is 2.43 bits per heavy atom. The average Bonchev–Trinajstić information content (AvgIpc) is 2.88. The fraction of sp³-hybridized carbons (Fsp3) is 0.222. The lowest BCUT2D eigenvalue weighted by atomic mass is 10.0. The lowest BCUT2D eigenvalue weighted by Gasteiger charge is -2.39. The van der Waals surface area contributed by atoms with Crippen molar-refractivity contribution in [1.29, 1.82) is 0 Å². The van der Waals surface area contributed by atoms with E-state index in [1.54, 1.807) is 11.1 Å². The van der Waals surface area contributed by atoms with Crippen LogP contribution in [0.3, 0.4) is 0 Å². The number of rotatable bonds is 4. The number of morpholine rings is 1. The zero-order valence-corrected chi connectivity index (χ0v) is 20.8. The van der Waals surface area contributed by atoms with E-state index >= 15 is 0 Å². The van der Waals surface area contributed by atoms with Gasteiger partial charge in [-0.2, -0.15) is 5.01 Å². The Balaban J connectivity index is 1.41. The molecule has 5 rings (SSSR count). The summed E-state index contributed by atoms with van der Waals surface area (Å²) in [5, 5.41) is 8.05. The number of hydrazine groups is 1. The highest BCUT2D eigenvalue weighted by Crippen LogP contribution is 2.27. The molecule has 35 heavy (non-hydrogen) atoms. The second kappa shape index (κ2) is 10.2. The highest BCUT2D eigenvalue weighted by atomic mass is 35.5. The SMILES string of the molecule is C[C@@H](NC(=O)N1NC(c2cc(Cl)cc(Cl)c2)=CC=C1N1CCOCC1)c1ccc2ccccc2c1. The average molecular weight is 509 g/mol. The minimum Gasteiger partial charge on any atom is -0.378 e. The van der Waals surface area contributed by atoms with Gasteiger partial charge in [-0.1, -0.05) is 59.6 Å². The molecule has 2 aliphatic heterocycles. The van der Waals surface area contributed by atoms with Crippen LogP contribution in [0.25, 0.3) is 16.5 Å². The molecular weight excluding hydrogens is 483 g/mol. The number of carbonyl (C=O) groups excluding carboxylic acids is 1. The molecule has 0 aromatic heterocycles. The third-order valence-corrected chi connectivity index (χ3v) is 6.62. The van der Waals surface area contributed by atoms with Gasteiger partial charge in [0.1, 0.15) is 5.82 Å². The van der Waals surface area contributed by atoms with Gasteiger partial charge in [-0.25, -0.2) is 4.79 Å². The molecule has 1 atom stereocenters. The summed E-state index contributed by atoms with van der Waals surface area (Å²) in [6, 6.07) is 19.3. The first-order valence-electron chi connectivity index (χ1n) is 11.5. The molecule has 2 amide bonds. The summed E-state index contributed by atoms with van der Waals surface area (Å²) < 4.78 is 5.51. The standard InChI is InChI=1S/C27H26Cl2N4O2/c1-18(20-7-6-19-4-2-3-5-21(19)14-20)30-27(34)33-26(32-10-12-35-13-11-32)9-8-25(31-33)22-15-23(28)17-24(29)16-22/h2-9,14-18,31H,10-13H2,1H3,(H,30,34)/t18-/m1/s1. The van der Waals surface area contributed by atoms with Gasteiger partial charge in [-0.15, -0.1) is 0 Å². The Kier molecular flexibility index (Phi) is 6.86. The summed E-state index contributed by atoms with van der Waals surface area (Å²) in [5.74, 6) is 0.758. The number of nitrogens with one attached hydrogen (secondary N) is 2. The lowest BCUT2D eigenvalue weighted by molar-refractivity contribution is 0.0377. The highest BCUT2D eigenvalue weighted by Gasteiger charge is 2.28. The van der Waals surface area contributed by atoms with Crippen LogP contribution in [0.4, 0.5) is 4.79 Å². The van der Waals surface area contributed by atoms with Crippen molar-refractivity contribution in [3.63, 3.8) is 0 Å². The molecule has 3 aromatic rings. The number of amides is 2. The molecule has 2 N–H and O–H groups in total. The zero-order chi connectivity index (χ0) is 24.4. The van der Waals surface area contributed by atoms with E-state index in [0.717, 1.165) is 28.0 Å². The quantitative estimate of drug-likeness (QED) is 0.456. The number of hydrogen-bond acceptors (Lipinski definition) is 4. The molecule has 0 radical (unpaired) electrons. The van der Waals surface area contributed by atoms with Crippen LogP contribution in [-0.2, 0) is 4.74 Å². The summed E-state index contributed by atoms with van der Waals surface area (Å²) in [5.41, 5.74) is 5.82. The van der Waals surface area contributed by atoms with Gasteiger partial charge in [0.05, 0.1) is 25.0 Å². The van der Waals surface area contributed by atoms with E-state index in [9.17, 15) is 4.79 Å². The smallest absolute Gasteiger partial charge is 0.342 e. The van der Waals surface area contributed by atoms with E-state index < -0.39 is 0 Å². The fourth-order valence-electron chi connectivity index (χ4n) is 4.32. The van der Waals surface area contributed by atoms with Crippen LogP contribution in [0, 0.1) is 0 Å². The number of ether oxygens (including phenoxy) is 1. The number of fused-ring (bicyclic) bond motifs is 1. The first-order chi connectivity index (χ1) is 17.0. The van der Waals surface area contributed by atoms with Crippen LogP contribution in [0.1, 0.15) is 24.1 Å². The third-order valence-electron chi connectivity index (χ3n) is 6.19. The molecule has 1 fully saturated rings. The van der Waals surface area contributed by atoms with Crippen molar-refractivity contribution in [2.45, 2.75) is 13.0 Å². The Morgan fingerprint density at radius 2 is 1.69 bits per heavy atom. The largest absolute Gasteiger partial charge is 0.378 e. The summed E-state index contributed by atoms with van der Waals surface area (Å²) in [7, 11) is 0. The van der Waals surface area contributed by atoms with Crippen molar-refractivity contribution in [3.05, 3.63) is 99.8 Å². The van der Waals surface area contributed by atoms with Gasteiger partial charge in [0.25, 0.3) is 0 Å². The highest BCUT2D eigenvalue weighted by molar-refractivity contribution is 6.34. The maximum absolute atomic E-state index is 13.6. The molecule has 180 valence electrons. The minimum absolute atomic E-state index is 0.199. The van der Waals surface area contributed by atoms with Gasteiger partial charge >= 0.3 is 6.03 Å². The van der Waals surface area contributed by atoms with E-state index in [4.69, 9.17) is 27.9 Å². The van der Waals surface area contributed by atoms with Gasteiger partial charge < -0.3 is 15.0 Å². The molecule has 2 heterocycles. The van der Waals surface area contributed by atoms with Crippen molar-refractivity contribution in [2.24, 2.45) is 0 Å². The molecular formula is C27H26Cl2N4O2. The molecule has 8 heteroatoms. The van der Waals surface area contributed by atoms with Gasteiger partial charge in [-0.3, -0.25) is 5.43 Å². The molecule has 0 saturated carbocycles. The van der Waals surface area contributed by atoms with Crippen LogP contribution in [-0.4, -0.2) is 42.2 Å². The molecule has 0 bridgehead atoms. The summed E-state index contributed by atoms with van der Waals surface area (Å²) in [4.78, 5) is 15.7. The summed E-state index contributed by atoms with van der Waals surface area (Å²) in [6.07, 6.45) is 3.87. The first kappa shape index (κ1) is 23.5. The predicted molar refractivity (Wildman–Crippen MR) is 141 cm³/mol. The molecule has 3 aromatic carbocycles. The summed E-state index contributed by atoms with van der Waals surface area (Å²) >= 11 is 12.5. The normalized spacial score (nSPS) is 16.9. The van der Waals surface area contributed by atoms with Crippen molar-refractivity contribution in [3.8, 4) is 0 Å². The van der Waals surface area contributed by atoms with Crippen LogP contribution in [0.2, 0.25) is 10.0 Å². The van der Waals surface area contributed by atoms with Crippen molar-refractivity contribution >= 4 is 45.7 Å². The van der Waals surface area contributed by atoms with Crippen molar-refractivity contribution in [2.75, 3.05) is 26.3 Å². The number of carbonyl (C=O) groups is 1. The predicted octanol–water partition coefficient (Wildman–Crippen LogP) is 5.95. The second-order valence-corrected chi connectivity index (χ2v) is 9.46. The van der Waals surface area contributed by atoms with Gasteiger partial charge in [0, 0.05) is 28.7 Å². The Morgan fingerprint density at radius 1 is 0.971 bits per heavy atom. The van der Waals surface area contributed by atoms with E-state index in [1.165, 1.54) is 5.39 Å². The van der Waals surface area contributed by atoms with E-state index in [1.807, 2.05) is 43.3 Å². The number of nitrogens with zero attached hydrogens (tertiary/aromatic N) is 2. The van der Waals surface area contributed by atoms with Gasteiger partial charge in [0.15, 0.2) is 0 Å². The molecule has 2 aliphatic rings. The number of allylic oxidation sites excluding steroid dienone is 2. The Hall–Kier alpha value is -3.19. The van der Waals surface area contributed by atoms with Crippen LogP contribution in [0.15, 0.2) is 78.6 Å². The molecule has 0 aliphatic carbocycles. The van der Waals surface area contributed by atoms with Crippen LogP contribution < -0.4 is 10.7 Å². The maximum Gasteiger partial charge on any atom is 0.342 e. The van der Waals surface area contributed by atoms with Gasteiger partial charge in [-0.05, 0) is 59.7 Å². The molecule has 6 nitrogen and oxygen atoms in total. The topological polar surface area (TPSA) is 56.8 Å². The first-order valence-corrected chi connectivity index (χ1v) is 12.3. The molecule has 0 spiro atoms. The number of urea groups is 1. The maximum atomic E-state index is 13.6. The van der Waals surface area contributed by atoms with Crippen molar-refractivity contribution < 1.29 is 9.53 Å². The lowest BCUT2D eigenvalue weighted by Crippen LogP contribution is -2.53. The Labute approximate surface area is 214 Å². The van der Waals surface area contributed by atoms with Gasteiger partial charge in [0.2, 0.25) is 0 Å². The summed E-state index contributed by atoms with van der Waals surface area (Å²) in [6.45, 7) is 4.60. The fourth-order valence-corrected chi connectivity index (χ4v) is 4.85. The van der Waals surface area contributed by atoms with Crippen molar-refractivity contribution in [1.82, 2.24) is 20.7 Å². The molecule has 1 saturated heterocycles. The van der Waals surface area contributed by atoms with E-state index in [2.05, 4.69) is 46.0 Å². The van der Waals surface area contributed by atoms with E-state index in [-0.39, 0.29) is 12.1 Å². The molecule has 0 unspecified atom stereocenters. The Bertz CT molecular complexity index is 1300. The zero-order valence-electron chi connectivity index (χ0n) is 19.3.